The summed E-state index contributed by atoms with van der Waals surface area (Å²) in [4.78, 5) is 16.5. The minimum atomic E-state index is -0.257. The zero-order valence-electron chi connectivity index (χ0n) is 11.5. The zero-order valence-corrected chi connectivity index (χ0v) is 11.5. The molecule has 2 aliphatic heterocycles. The van der Waals surface area contributed by atoms with Crippen LogP contribution in [0.4, 0.5) is 0 Å². The molecule has 5 nitrogen and oxygen atoms in total. The maximum absolute atomic E-state index is 12.4. The zero-order chi connectivity index (χ0) is 13.4. The molecule has 2 saturated heterocycles. The number of nitrogens with two attached hydrogens (primary N) is 1. The number of rotatable bonds is 2. The molecule has 2 heterocycles. The number of hydrogen-bond acceptors (Lipinski definition) is 4. The molecule has 0 aromatic rings. The molecule has 0 aromatic carbocycles. The van der Waals surface area contributed by atoms with Crippen molar-refractivity contribution in [1.29, 1.82) is 0 Å². The normalized spacial score (nSPS) is 39.6. The third-order valence-electron chi connectivity index (χ3n) is 5.10. The summed E-state index contributed by atoms with van der Waals surface area (Å²) in [7, 11) is 0. The lowest BCUT2D eigenvalue weighted by molar-refractivity contribution is -0.135. The van der Waals surface area contributed by atoms with Crippen molar-refractivity contribution < 1.29 is 9.90 Å². The number of piperidine rings is 2. The molecule has 3 fully saturated rings. The molecule has 1 aliphatic carbocycles. The first-order chi connectivity index (χ1) is 9.13. The van der Waals surface area contributed by atoms with E-state index in [2.05, 4.69) is 4.90 Å². The molecule has 3 N–H and O–H groups in total. The van der Waals surface area contributed by atoms with E-state index in [0.29, 0.717) is 31.0 Å². The van der Waals surface area contributed by atoms with Crippen LogP contribution < -0.4 is 5.73 Å². The number of aliphatic hydroxyl groups is 1. The Morgan fingerprint density at radius 3 is 2.47 bits per heavy atom. The number of amides is 1. The van der Waals surface area contributed by atoms with E-state index in [1.54, 1.807) is 0 Å². The van der Waals surface area contributed by atoms with Gasteiger partial charge in [-0.1, -0.05) is 0 Å². The average molecular weight is 267 g/mol. The van der Waals surface area contributed by atoms with Crippen LogP contribution in [0.2, 0.25) is 0 Å². The molecule has 0 spiro atoms. The number of β-amino-alcohol motifs (C(OH)–C–C–N with tert-alkyl or cyclic N) is 1. The fourth-order valence-electron chi connectivity index (χ4n) is 3.93. The van der Waals surface area contributed by atoms with Crippen molar-refractivity contribution in [2.45, 2.75) is 37.8 Å². The standard InChI is InChI=1S/C14H25N3O2/c15-14-10-3-4-11(14)7-17(6-10)13(19)9-16-5-1-2-12(18)8-16/h10-12,14,18H,1-9,15H2/t10-,11+,12?,14?. The predicted octanol–water partition coefficient (Wildman–Crippen LogP) is -0.361. The van der Waals surface area contributed by atoms with Crippen LogP contribution in [-0.4, -0.2) is 65.7 Å². The van der Waals surface area contributed by atoms with Gasteiger partial charge in [0.15, 0.2) is 0 Å². The number of likely N-dealkylation sites (tertiary alicyclic amines) is 2. The number of aliphatic hydroxyl groups excluding tert-OH is 1. The lowest BCUT2D eigenvalue weighted by atomic mass is 9.93. The molecule has 4 atom stereocenters. The van der Waals surface area contributed by atoms with Crippen LogP contribution in [0.3, 0.4) is 0 Å². The second kappa shape index (κ2) is 5.38. The lowest BCUT2D eigenvalue weighted by Crippen LogP contribution is -2.53. The average Bonchev–Trinajstić information content (AvgIpc) is 2.62. The summed E-state index contributed by atoms with van der Waals surface area (Å²) in [6, 6.07) is 0.306. The van der Waals surface area contributed by atoms with Crippen molar-refractivity contribution in [2.24, 2.45) is 17.6 Å². The highest BCUT2D eigenvalue weighted by Crippen LogP contribution is 2.35. The Bertz CT molecular complexity index is 336. The van der Waals surface area contributed by atoms with Crippen LogP contribution in [-0.2, 0) is 4.79 Å². The second-order valence-corrected chi connectivity index (χ2v) is 6.50. The molecule has 0 aromatic heterocycles. The highest BCUT2D eigenvalue weighted by Gasteiger charge is 2.41. The largest absolute Gasteiger partial charge is 0.392 e. The first-order valence-corrected chi connectivity index (χ1v) is 7.57. The minimum absolute atomic E-state index is 0.220. The molecule has 19 heavy (non-hydrogen) atoms. The van der Waals surface area contributed by atoms with E-state index in [4.69, 9.17) is 5.73 Å². The van der Waals surface area contributed by atoms with Crippen LogP contribution in [0.1, 0.15) is 25.7 Å². The summed E-state index contributed by atoms with van der Waals surface area (Å²) in [5.74, 6) is 1.24. The van der Waals surface area contributed by atoms with Gasteiger partial charge in [0.2, 0.25) is 5.91 Å². The third kappa shape index (κ3) is 2.78. The Labute approximate surface area is 114 Å². The quantitative estimate of drug-likeness (QED) is 0.717. The molecule has 3 rings (SSSR count). The van der Waals surface area contributed by atoms with Gasteiger partial charge in [-0.25, -0.2) is 0 Å². The molecule has 2 unspecified atom stereocenters. The number of fused-ring (bicyclic) bond motifs is 2. The predicted molar refractivity (Wildman–Crippen MR) is 72.5 cm³/mol. The Balaban J connectivity index is 1.53. The maximum atomic E-state index is 12.4. The Hall–Kier alpha value is -0.650. The highest BCUT2D eigenvalue weighted by atomic mass is 16.3. The maximum Gasteiger partial charge on any atom is 0.236 e. The molecule has 0 radical (unpaired) electrons. The minimum Gasteiger partial charge on any atom is -0.392 e. The summed E-state index contributed by atoms with van der Waals surface area (Å²) in [5.41, 5.74) is 6.17. The fraction of sp³-hybridized carbons (Fsp3) is 0.929. The van der Waals surface area contributed by atoms with Gasteiger partial charge in [0, 0.05) is 25.7 Å². The Morgan fingerprint density at radius 1 is 1.16 bits per heavy atom. The monoisotopic (exact) mass is 267 g/mol. The van der Waals surface area contributed by atoms with Crippen molar-refractivity contribution in [3.63, 3.8) is 0 Å². The van der Waals surface area contributed by atoms with Crippen LogP contribution >= 0.6 is 0 Å². The van der Waals surface area contributed by atoms with Gasteiger partial charge < -0.3 is 15.7 Å². The molecular formula is C14H25N3O2. The van der Waals surface area contributed by atoms with Gasteiger partial charge in [0.25, 0.3) is 0 Å². The fourth-order valence-corrected chi connectivity index (χ4v) is 3.93. The second-order valence-electron chi connectivity index (χ2n) is 6.50. The number of hydrogen-bond donors (Lipinski definition) is 2. The van der Waals surface area contributed by atoms with Crippen molar-refractivity contribution in [3.8, 4) is 0 Å². The first kappa shape index (κ1) is 13.3. The highest BCUT2D eigenvalue weighted by molar-refractivity contribution is 5.78. The van der Waals surface area contributed by atoms with Gasteiger partial charge in [-0.2, -0.15) is 0 Å². The molecular weight excluding hydrogens is 242 g/mol. The number of carbonyl (C=O) groups is 1. The van der Waals surface area contributed by atoms with E-state index in [9.17, 15) is 9.90 Å². The molecule has 108 valence electrons. The van der Waals surface area contributed by atoms with Gasteiger partial charge in [0.1, 0.15) is 0 Å². The van der Waals surface area contributed by atoms with Crippen molar-refractivity contribution in [3.05, 3.63) is 0 Å². The van der Waals surface area contributed by atoms with Crippen LogP contribution in [0, 0.1) is 11.8 Å². The van der Waals surface area contributed by atoms with E-state index >= 15 is 0 Å². The first-order valence-electron chi connectivity index (χ1n) is 7.57. The van der Waals surface area contributed by atoms with Crippen LogP contribution in [0.25, 0.3) is 0 Å². The van der Waals surface area contributed by atoms with E-state index in [1.165, 1.54) is 12.8 Å². The van der Waals surface area contributed by atoms with E-state index in [1.807, 2.05) is 4.90 Å². The summed E-state index contributed by atoms with van der Waals surface area (Å²) >= 11 is 0. The van der Waals surface area contributed by atoms with E-state index in [0.717, 1.165) is 32.5 Å². The van der Waals surface area contributed by atoms with Gasteiger partial charge in [-0.3, -0.25) is 9.69 Å². The number of nitrogens with zero attached hydrogens (tertiary/aromatic N) is 2. The summed E-state index contributed by atoms with van der Waals surface area (Å²) in [6.07, 6.45) is 3.96. The molecule has 5 heteroatoms. The van der Waals surface area contributed by atoms with E-state index in [-0.39, 0.29) is 12.0 Å². The van der Waals surface area contributed by atoms with Crippen molar-refractivity contribution in [1.82, 2.24) is 9.80 Å². The lowest BCUT2D eigenvalue weighted by Gasteiger charge is -2.38. The molecule has 1 amide bonds. The van der Waals surface area contributed by atoms with Gasteiger partial charge in [-0.05, 0) is 44.1 Å². The van der Waals surface area contributed by atoms with Crippen LogP contribution in [0.15, 0.2) is 0 Å². The van der Waals surface area contributed by atoms with Gasteiger partial charge >= 0.3 is 0 Å². The van der Waals surface area contributed by atoms with Gasteiger partial charge in [0.05, 0.1) is 12.6 Å². The third-order valence-corrected chi connectivity index (χ3v) is 5.10. The molecule has 1 saturated carbocycles. The molecule has 3 aliphatic rings. The summed E-state index contributed by atoms with van der Waals surface area (Å²) in [6.45, 7) is 3.72. The van der Waals surface area contributed by atoms with Crippen molar-refractivity contribution >= 4 is 5.91 Å². The van der Waals surface area contributed by atoms with Gasteiger partial charge in [-0.15, -0.1) is 0 Å². The molecule has 2 bridgehead atoms. The summed E-state index contributed by atoms with van der Waals surface area (Å²) in [5, 5.41) is 9.65. The summed E-state index contributed by atoms with van der Waals surface area (Å²) < 4.78 is 0. The SMILES string of the molecule is NC1[C@@H]2CC[C@H]1CN(C(=O)CN1CCCC(O)C1)C2. The van der Waals surface area contributed by atoms with Crippen LogP contribution in [0.5, 0.6) is 0 Å². The Kier molecular flexibility index (Phi) is 3.78. The smallest absolute Gasteiger partial charge is 0.236 e. The topological polar surface area (TPSA) is 69.8 Å². The Morgan fingerprint density at radius 2 is 1.84 bits per heavy atom. The van der Waals surface area contributed by atoms with Crippen molar-refractivity contribution in [2.75, 3.05) is 32.7 Å². The van der Waals surface area contributed by atoms with E-state index < -0.39 is 0 Å². The number of carbonyl (C=O) groups excluding carboxylic acids is 1.